The summed E-state index contributed by atoms with van der Waals surface area (Å²) in [5.74, 6) is 1.97. The third-order valence-electron chi connectivity index (χ3n) is 3.91. The number of rotatable bonds is 10. The van der Waals surface area contributed by atoms with Gasteiger partial charge in [0.15, 0.2) is 5.96 Å². The van der Waals surface area contributed by atoms with Gasteiger partial charge in [0.05, 0.1) is 6.54 Å². The fraction of sp³-hybridized carbons (Fsp3) is 0.579. The Morgan fingerprint density at radius 2 is 2.00 bits per heavy atom. The SMILES string of the molecule is C=CCCCN(C)C(=NCc1ccc(N(CC)CC)nc1)NCC.I. The topological polar surface area (TPSA) is 43.8 Å². The molecule has 5 nitrogen and oxygen atoms in total. The molecule has 142 valence electrons. The maximum atomic E-state index is 4.73. The van der Waals surface area contributed by atoms with E-state index in [0.717, 1.165) is 56.4 Å². The number of hydrogen-bond acceptors (Lipinski definition) is 3. The second-order valence-electron chi connectivity index (χ2n) is 5.72. The standard InChI is InChI=1S/C19H33N5.HI/c1-6-10-11-14-23(5)19(20-7-2)22-16-17-12-13-18(21-15-17)24(8-3)9-4;/h6,12-13,15H,1,7-11,14,16H2,2-5H3,(H,20,22);1H. The summed E-state index contributed by atoms with van der Waals surface area (Å²) < 4.78 is 0. The van der Waals surface area contributed by atoms with Crippen molar-refractivity contribution in [1.82, 2.24) is 15.2 Å². The van der Waals surface area contributed by atoms with E-state index in [4.69, 9.17) is 4.99 Å². The van der Waals surface area contributed by atoms with Crippen LogP contribution in [0.3, 0.4) is 0 Å². The lowest BCUT2D eigenvalue weighted by Gasteiger charge is -2.22. The number of allylic oxidation sites excluding steroid dienone is 1. The van der Waals surface area contributed by atoms with Crippen LogP contribution in [0.5, 0.6) is 0 Å². The Morgan fingerprint density at radius 1 is 1.28 bits per heavy atom. The highest BCUT2D eigenvalue weighted by atomic mass is 127. The first-order valence-corrected chi connectivity index (χ1v) is 8.96. The quantitative estimate of drug-likeness (QED) is 0.190. The summed E-state index contributed by atoms with van der Waals surface area (Å²) in [6.45, 7) is 14.6. The van der Waals surface area contributed by atoms with Crippen LogP contribution in [0.1, 0.15) is 39.2 Å². The fourth-order valence-electron chi connectivity index (χ4n) is 2.46. The molecule has 0 aliphatic rings. The van der Waals surface area contributed by atoms with E-state index in [9.17, 15) is 0 Å². The van der Waals surface area contributed by atoms with Crippen molar-refractivity contribution in [2.24, 2.45) is 4.99 Å². The van der Waals surface area contributed by atoms with E-state index in [0.29, 0.717) is 6.54 Å². The van der Waals surface area contributed by atoms with Crippen LogP contribution >= 0.6 is 24.0 Å². The first-order valence-electron chi connectivity index (χ1n) is 8.96. The number of pyridine rings is 1. The highest BCUT2D eigenvalue weighted by Gasteiger charge is 2.06. The molecule has 0 fully saturated rings. The van der Waals surface area contributed by atoms with Crippen LogP contribution in [0, 0.1) is 0 Å². The average molecular weight is 459 g/mol. The van der Waals surface area contributed by atoms with E-state index in [1.165, 1.54) is 0 Å². The fourth-order valence-corrected chi connectivity index (χ4v) is 2.46. The summed E-state index contributed by atoms with van der Waals surface area (Å²) >= 11 is 0. The van der Waals surface area contributed by atoms with Crippen LogP contribution in [0.25, 0.3) is 0 Å². The number of nitrogens with zero attached hydrogens (tertiary/aromatic N) is 4. The largest absolute Gasteiger partial charge is 0.357 e. The lowest BCUT2D eigenvalue weighted by molar-refractivity contribution is 0.470. The predicted octanol–water partition coefficient (Wildman–Crippen LogP) is 3.91. The van der Waals surface area contributed by atoms with Gasteiger partial charge in [-0.1, -0.05) is 12.1 Å². The molecule has 0 saturated carbocycles. The molecule has 1 heterocycles. The molecular formula is C19H34IN5. The first-order chi connectivity index (χ1) is 11.7. The molecule has 0 bridgehead atoms. The molecule has 0 saturated heterocycles. The monoisotopic (exact) mass is 459 g/mol. The number of unbranched alkanes of at least 4 members (excludes halogenated alkanes) is 1. The molecule has 1 rings (SSSR count). The molecule has 0 radical (unpaired) electrons. The van der Waals surface area contributed by atoms with Crippen molar-refractivity contribution < 1.29 is 0 Å². The molecule has 6 heteroatoms. The Morgan fingerprint density at radius 3 is 2.52 bits per heavy atom. The van der Waals surface area contributed by atoms with Crippen molar-refractivity contribution in [2.45, 2.75) is 40.2 Å². The van der Waals surface area contributed by atoms with Gasteiger partial charge in [-0.25, -0.2) is 9.98 Å². The van der Waals surface area contributed by atoms with Gasteiger partial charge in [-0.3, -0.25) is 0 Å². The molecule has 1 N–H and O–H groups in total. The van der Waals surface area contributed by atoms with Crippen molar-refractivity contribution in [3.05, 3.63) is 36.5 Å². The number of halogens is 1. The minimum Gasteiger partial charge on any atom is -0.357 e. The maximum absolute atomic E-state index is 4.73. The molecule has 0 atom stereocenters. The average Bonchev–Trinajstić information content (AvgIpc) is 2.61. The second kappa shape index (κ2) is 13.9. The molecule has 0 aliphatic heterocycles. The Bertz CT molecular complexity index is 497. The number of aromatic nitrogens is 1. The Hall–Kier alpha value is -1.31. The van der Waals surface area contributed by atoms with Crippen LogP contribution in [0.2, 0.25) is 0 Å². The number of hydrogen-bond donors (Lipinski definition) is 1. The van der Waals surface area contributed by atoms with E-state index in [1.54, 1.807) is 0 Å². The van der Waals surface area contributed by atoms with Crippen molar-refractivity contribution in [1.29, 1.82) is 0 Å². The van der Waals surface area contributed by atoms with E-state index in [2.05, 4.69) is 66.6 Å². The zero-order chi connectivity index (χ0) is 17.8. The van der Waals surface area contributed by atoms with Crippen molar-refractivity contribution >= 4 is 35.8 Å². The number of aliphatic imine (C=N–C) groups is 1. The van der Waals surface area contributed by atoms with Gasteiger partial charge in [-0.2, -0.15) is 0 Å². The number of anilines is 1. The third-order valence-corrected chi connectivity index (χ3v) is 3.91. The van der Waals surface area contributed by atoms with Crippen LogP contribution in [0.15, 0.2) is 36.0 Å². The molecule has 1 aromatic heterocycles. The summed E-state index contributed by atoms with van der Waals surface area (Å²) in [4.78, 5) is 13.7. The number of guanidine groups is 1. The molecule has 0 spiro atoms. The van der Waals surface area contributed by atoms with Crippen LogP contribution in [0.4, 0.5) is 5.82 Å². The van der Waals surface area contributed by atoms with E-state index < -0.39 is 0 Å². The van der Waals surface area contributed by atoms with Gasteiger partial charge in [0, 0.05) is 39.4 Å². The summed E-state index contributed by atoms with van der Waals surface area (Å²) in [6, 6.07) is 4.20. The summed E-state index contributed by atoms with van der Waals surface area (Å²) in [7, 11) is 2.08. The molecule has 1 aromatic rings. The van der Waals surface area contributed by atoms with Crippen LogP contribution in [-0.4, -0.2) is 49.1 Å². The Balaban J connectivity index is 0.00000576. The minimum atomic E-state index is 0. The molecule has 0 unspecified atom stereocenters. The van der Waals surface area contributed by atoms with Gasteiger partial charge in [-0.05, 0) is 45.2 Å². The Labute approximate surface area is 170 Å². The van der Waals surface area contributed by atoms with E-state index >= 15 is 0 Å². The summed E-state index contributed by atoms with van der Waals surface area (Å²) in [5.41, 5.74) is 1.13. The lowest BCUT2D eigenvalue weighted by atomic mass is 10.2. The van der Waals surface area contributed by atoms with Crippen LogP contribution in [-0.2, 0) is 6.54 Å². The first kappa shape index (κ1) is 23.7. The Kier molecular flexibility index (Phi) is 13.2. The maximum Gasteiger partial charge on any atom is 0.193 e. The van der Waals surface area contributed by atoms with Gasteiger partial charge in [0.1, 0.15) is 5.82 Å². The highest BCUT2D eigenvalue weighted by Crippen LogP contribution is 2.11. The van der Waals surface area contributed by atoms with Gasteiger partial charge in [-0.15, -0.1) is 30.6 Å². The highest BCUT2D eigenvalue weighted by molar-refractivity contribution is 14.0. The second-order valence-corrected chi connectivity index (χ2v) is 5.72. The molecule has 0 aliphatic carbocycles. The van der Waals surface area contributed by atoms with Gasteiger partial charge in [0.2, 0.25) is 0 Å². The summed E-state index contributed by atoms with van der Waals surface area (Å²) in [5, 5.41) is 3.35. The third kappa shape index (κ3) is 8.56. The van der Waals surface area contributed by atoms with Crippen molar-refractivity contribution in [2.75, 3.05) is 38.1 Å². The molecule has 0 aromatic carbocycles. The van der Waals surface area contributed by atoms with Gasteiger partial charge < -0.3 is 15.1 Å². The van der Waals surface area contributed by atoms with Crippen molar-refractivity contribution in [3.8, 4) is 0 Å². The molecular weight excluding hydrogens is 425 g/mol. The lowest BCUT2D eigenvalue weighted by Crippen LogP contribution is -2.39. The zero-order valence-electron chi connectivity index (χ0n) is 16.2. The zero-order valence-corrected chi connectivity index (χ0v) is 18.5. The predicted molar refractivity (Wildman–Crippen MR) is 120 cm³/mol. The normalized spacial score (nSPS) is 10.8. The molecule has 25 heavy (non-hydrogen) atoms. The van der Waals surface area contributed by atoms with E-state index in [-0.39, 0.29) is 24.0 Å². The smallest absolute Gasteiger partial charge is 0.193 e. The molecule has 0 amide bonds. The van der Waals surface area contributed by atoms with Crippen LogP contribution < -0.4 is 10.2 Å². The van der Waals surface area contributed by atoms with E-state index in [1.807, 2.05) is 12.3 Å². The number of nitrogens with one attached hydrogen (secondary N) is 1. The minimum absolute atomic E-state index is 0. The summed E-state index contributed by atoms with van der Waals surface area (Å²) in [6.07, 6.45) is 6.00. The van der Waals surface area contributed by atoms with Crippen molar-refractivity contribution in [3.63, 3.8) is 0 Å². The van der Waals surface area contributed by atoms with Gasteiger partial charge >= 0.3 is 0 Å². The van der Waals surface area contributed by atoms with Gasteiger partial charge in [0.25, 0.3) is 0 Å².